The second-order valence-corrected chi connectivity index (χ2v) is 8.45. The van der Waals surface area contributed by atoms with Gasteiger partial charge in [0.1, 0.15) is 11.5 Å². The van der Waals surface area contributed by atoms with Gasteiger partial charge in [-0.1, -0.05) is 29.3 Å². The topological polar surface area (TPSA) is 90.3 Å². The number of methoxy groups -OCH3 is 2. The summed E-state index contributed by atoms with van der Waals surface area (Å²) in [5, 5.41) is 15.2. The van der Waals surface area contributed by atoms with Gasteiger partial charge in [-0.15, -0.1) is 10.2 Å². The molecule has 4 aromatic rings. The summed E-state index contributed by atoms with van der Waals surface area (Å²) in [6.07, 6.45) is 3.61. The molecule has 1 aromatic heterocycles. The molecule has 0 aliphatic rings. The first-order chi connectivity index (χ1) is 17.4. The van der Waals surface area contributed by atoms with Crippen LogP contribution in [0.25, 0.3) is 23.5 Å². The number of halogens is 2. The maximum Gasteiger partial charge on any atom is 0.323 e. The number of ether oxygens (including phenoxy) is 2. The first-order valence-corrected chi connectivity index (χ1v) is 11.6. The fraction of sp³-hybridized carbons (Fsp3) is 0.115. The van der Waals surface area contributed by atoms with E-state index in [-0.39, 0.29) is 0 Å². The molecule has 1 heterocycles. The van der Waals surface area contributed by atoms with Crippen molar-refractivity contribution in [1.82, 2.24) is 14.8 Å². The lowest BCUT2D eigenvalue weighted by atomic mass is 10.2. The number of carbonyl (C=O) groups is 1. The van der Waals surface area contributed by atoms with Crippen LogP contribution in [0, 0.1) is 0 Å². The highest BCUT2D eigenvalue weighted by molar-refractivity contribution is 6.37. The molecule has 0 radical (unpaired) electrons. The first kappa shape index (κ1) is 25.1. The number of amides is 2. The molecular weight excluding hydrogens is 501 g/mol. The summed E-state index contributed by atoms with van der Waals surface area (Å²) in [5.74, 6) is 2.42. The van der Waals surface area contributed by atoms with E-state index < -0.39 is 6.03 Å². The Morgan fingerprint density at radius 2 is 1.64 bits per heavy atom. The van der Waals surface area contributed by atoms with Gasteiger partial charge in [0.2, 0.25) is 0 Å². The molecule has 0 saturated heterocycles. The van der Waals surface area contributed by atoms with Crippen molar-refractivity contribution in [2.24, 2.45) is 7.05 Å². The van der Waals surface area contributed by atoms with Crippen LogP contribution in [0.5, 0.6) is 11.5 Å². The van der Waals surface area contributed by atoms with Crippen molar-refractivity contribution in [2.45, 2.75) is 0 Å². The van der Waals surface area contributed by atoms with Crippen LogP contribution in [-0.4, -0.2) is 35.0 Å². The number of hydrogen-bond donors (Lipinski definition) is 2. The summed E-state index contributed by atoms with van der Waals surface area (Å²) < 4.78 is 12.4. The van der Waals surface area contributed by atoms with Gasteiger partial charge in [0.25, 0.3) is 0 Å². The molecule has 184 valence electrons. The molecule has 0 unspecified atom stereocenters. The number of hydrogen-bond acceptors (Lipinski definition) is 5. The molecular formula is C26H23Cl2N5O3. The number of carbonyl (C=O) groups excluding carboxylic acids is 1. The summed E-state index contributed by atoms with van der Waals surface area (Å²) in [4.78, 5) is 12.5. The van der Waals surface area contributed by atoms with Crippen LogP contribution >= 0.6 is 23.2 Å². The fourth-order valence-electron chi connectivity index (χ4n) is 3.46. The van der Waals surface area contributed by atoms with Gasteiger partial charge in [-0.2, -0.15) is 0 Å². The second kappa shape index (κ2) is 11.2. The fourth-order valence-corrected chi connectivity index (χ4v) is 3.99. The molecule has 0 saturated carbocycles. The van der Waals surface area contributed by atoms with Crippen molar-refractivity contribution >= 4 is 52.8 Å². The van der Waals surface area contributed by atoms with Crippen LogP contribution in [0.3, 0.4) is 0 Å². The van der Waals surface area contributed by atoms with Crippen molar-refractivity contribution in [3.63, 3.8) is 0 Å². The Balaban J connectivity index is 1.45. The van der Waals surface area contributed by atoms with Gasteiger partial charge in [0.15, 0.2) is 11.6 Å². The summed E-state index contributed by atoms with van der Waals surface area (Å²) in [7, 11) is 4.95. The van der Waals surface area contributed by atoms with Crippen molar-refractivity contribution in [1.29, 1.82) is 0 Å². The molecule has 0 bridgehead atoms. The van der Waals surface area contributed by atoms with Gasteiger partial charge in [0, 0.05) is 40.0 Å². The summed E-state index contributed by atoms with van der Waals surface area (Å²) in [6, 6.07) is 17.3. The lowest BCUT2D eigenvalue weighted by Gasteiger charge is -2.12. The van der Waals surface area contributed by atoms with Gasteiger partial charge in [0.05, 0.1) is 19.9 Å². The number of nitrogens with one attached hydrogen (secondary N) is 2. The van der Waals surface area contributed by atoms with Gasteiger partial charge >= 0.3 is 6.03 Å². The molecule has 0 fully saturated rings. The highest BCUT2D eigenvalue weighted by Gasteiger charge is 2.12. The normalized spacial score (nSPS) is 10.9. The smallest absolute Gasteiger partial charge is 0.323 e. The van der Waals surface area contributed by atoms with Crippen molar-refractivity contribution in [2.75, 3.05) is 24.9 Å². The molecule has 2 N–H and O–H groups in total. The largest absolute Gasteiger partial charge is 0.497 e. The standard InChI is InChI=1S/C26H23Cl2N5O3/c1-33-24(14-12-19-20(27)5-4-6-21(19)28)31-32-25(33)16-7-9-17(10-8-16)29-26(34)30-22-15-18(35-2)11-13-23(22)36-3/h4-15H,1-3H3,(H2,29,30,34)/b14-12+. The number of urea groups is 1. The molecule has 0 aliphatic heterocycles. The number of nitrogens with zero attached hydrogens (tertiary/aromatic N) is 3. The molecule has 4 rings (SSSR count). The minimum absolute atomic E-state index is 0.418. The van der Waals surface area contributed by atoms with E-state index in [0.29, 0.717) is 50.1 Å². The zero-order valence-electron chi connectivity index (χ0n) is 19.8. The maximum atomic E-state index is 12.5. The Kier molecular flexibility index (Phi) is 7.77. The van der Waals surface area contributed by atoms with Crippen LogP contribution in [0.15, 0.2) is 60.7 Å². The summed E-state index contributed by atoms with van der Waals surface area (Å²) in [5.41, 5.74) is 2.64. The Bertz CT molecular complexity index is 1400. The molecule has 10 heteroatoms. The molecule has 0 aliphatic carbocycles. The number of rotatable bonds is 7. The zero-order chi connectivity index (χ0) is 25.7. The lowest BCUT2D eigenvalue weighted by Crippen LogP contribution is -2.19. The summed E-state index contributed by atoms with van der Waals surface area (Å²) >= 11 is 12.5. The average molecular weight is 524 g/mol. The van der Waals surface area contributed by atoms with Gasteiger partial charge in [-0.25, -0.2) is 4.79 Å². The Morgan fingerprint density at radius 3 is 2.31 bits per heavy atom. The lowest BCUT2D eigenvalue weighted by molar-refractivity contribution is 0.262. The van der Waals surface area contributed by atoms with Crippen LogP contribution in [-0.2, 0) is 7.05 Å². The molecule has 2 amide bonds. The molecule has 0 spiro atoms. The molecule has 8 nitrogen and oxygen atoms in total. The van der Waals surface area contributed by atoms with Gasteiger partial charge < -0.3 is 24.7 Å². The van der Waals surface area contributed by atoms with Crippen LogP contribution in [0.1, 0.15) is 11.4 Å². The quantitative estimate of drug-likeness (QED) is 0.284. The first-order valence-electron chi connectivity index (χ1n) is 10.8. The minimum atomic E-state index is -0.418. The Morgan fingerprint density at radius 1 is 0.917 bits per heavy atom. The van der Waals surface area contributed by atoms with Crippen molar-refractivity contribution in [3.8, 4) is 22.9 Å². The Labute approximate surface area is 218 Å². The van der Waals surface area contributed by atoms with E-state index in [0.717, 1.165) is 5.56 Å². The number of anilines is 2. The van der Waals surface area contributed by atoms with Crippen LogP contribution in [0.4, 0.5) is 16.2 Å². The van der Waals surface area contributed by atoms with E-state index in [1.54, 1.807) is 67.8 Å². The SMILES string of the molecule is COc1ccc(OC)c(NC(=O)Nc2ccc(-c3nnc(/C=C/c4c(Cl)cccc4Cl)n3C)cc2)c1. The predicted molar refractivity (Wildman–Crippen MR) is 144 cm³/mol. The molecule has 0 atom stereocenters. The average Bonchev–Trinajstić information content (AvgIpc) is 3.24. The van der Waals surface area contributed by atoms with Crippen LogP contribution < -0.4 is 20.1 Å². The van der Waals surface area contributed by atoms with Crippen LogP contribution in [0.2, 0.25) is 10.0 Å². The molecule has 36 heavy (non-hydrogen) atoms. The Hall–Kier alpha value is -4.01. The highest BCUT2D eigenvalue weighted by atomic mass is 35.5. The van der Waals surface area contributed by atoms with E-state index >= 15 is 0 Å². The number of benzene rings is 3. The van der Waals surface area contributed by atoms with E-state index in [9.17, 15) is 4.79 Å². The third kappa shape index (κ3) is 5.62. The monoisotopic (exact) mass is 523 g/mol. The third-order valence-corrected chi connectivity index (χ3v) is 6.02. The highest BCUT2D eigenvalue weighted by Crippen LogP contribution is 2.29. The maximum absolute atomic E-state index is 12.5. The predicted octanol–water partition coefficient (Wildman–Crippen LogP) is 6.62. The van der Waals surface area contributed by atoms with E-state index in [2.05, 4.69) is 20.8 Å². The van der Waals surface area contributed by atoms with E-state index in [1.165, 1.54) is 7.11 Å². The minimum Gasteiger partial charge on any atom is -0.497 e. The number of aromatic nitrogens is 3. The molecule has 3 aromatic carbocycles. The second-order valence-electron chi connectivity index (χ2n) is 7.63. The summed E-state index contributed by atoms with van der Waals surface area (Å²) in [6.45, 7) is 0. The van der Waals surface area contributed by atoms with Crippen molar-refractivity contribution < 1.29 is 14.3 Å². The van der Waals surface area contributed by atoms with Gasteiger partial charge in [-0.3, -0.25) is 0 Å². The third-order valence-electron chi connectivity index (χ3n) is 5.36. The van der Waals surface area contributed by atoms with E-state index in [1.807, 2.05) is 23.7 Å². The zero-order valence-corrected chi connectivity index (χ0v) is 21.3. The van der Waals surface area contributed by atoms with Crippen molar-refractivity contribution in [3.05, 3.63) is 82.1 Å². The van der Waals surface area contributed by atoms with E-state index in [4.69, 9.17) is 32.7 Å². The van der Waals surface area contributed by atoms with Gasteiger partial charge in [-0.05, 0) is 60.7 Å².